The number of methoxy groups -OCH3 is 1. The molecular weight excluding hydrogens is 464 g/mol. The molecule has 0 unspecified atom stereocenters. The molecule has 0 radical (unpaired) electrons. The number of nitrogens with zero attached hydrogens (tertiary/aromatic N) is 3. The molecule has 2 aromatic carbocycles. The van der Waals surface area contributed by atoms with Crippen LogP contribution in [0.25, 0.3) is 0 Å². The summed E-state index contributed by atoms with van der Waals surface area (Å²) in [7, 11) is 1.66. The molecule has 8 nitrogen and oxygen atoms in total. The number of fused-ring (bicyclic) bond motifs is 2. The zero-order chi connectivity index (χ0) is 23.8. The van der Waals surface area contributed by atoms with Crippen molar-refractivity contribution in [2.45, 2.75) is 54.5 Å². The summed E-state index contributed by atoms with van der Waals surface area (Å²) >= 11 is 1.45. The number of aromatic nitrogens is 3. The van der Waals surface area contributed by atoms with Crippen molar-refractivity contribution in [1.29, 1.82) is 0 Å². The summed E-state index contributed by atoms with van der Waals surface area (Å²) in [5, 5.41) is 9.30. The Labute approximate surface area is 208 Å². The molecule has 0 amide bonds. The van der Waals surface area contributed by atoms with Gasteiger partial charge < -0.3 is 19.6 Å². The van der Waals surface area contributed by atoms with Crippen LogP contribution in [0, 0.1) is 0 Å². The fraction of sp³-hybridized carbons (Fsp3) is 0.423. The lowest BCUT2D eigenvalue weighted by molar-refractivity contribution is 0.0978. The van der Waals surface area contributed by atoms with Crippen LogP contribution < -0.4 is 19.6 Å². The summed E-state index contributed by atoms with van der Waals surface area (Å²) in [5.41, 5.74) is 5.11. The van der Waals surface area contributed by atoms with Gasteiger partial charge in [0.05, 0.1) is 13.2 Å². The van der Waals surface area contributed by atoms with E-state index < -0.39 is 5.25 Å². The predicted molar refractivity (Wildman–Crippen MR) is 132 cm³/mol. The van der Waals surface area contributed by atoms with E-state index >= 15 is 0 Å². The van der Waals surface area contributed by atoms with Crippen LogP contribution in [0.15, 0.2) is 47.6 Å². The summed E-state index contributed by atoms with van der Waals surface area (Å²) in [6, 6.07) is 12.9. The fourth-order valence-corrected chi connectivity index (χ4v) is 6.37. The number of para-hydroxylation sites is 1. The first kappa shape index (κ1) is 22.3. The lowest BCUT2D eigenvalue weighted by Crippen LogP contribution is -2.40. The lowest BCUT2D eigenvalue weighted by atomic mass is 9.89. The summed E-state index contributed by atoms with van der Waals surface area (Å²) in [5.74, 6) is 3.33. The molecule has 0 saturated heterocycles. The highest BCUT2D eigenvalue weighted by Crippen LogP contribution is 2.43. The summed E-state index contributed by atoms with van der Waals surface area (Å²) in [6.07, 6.45) is 5.92. The van der Waals surface area contributed by atoms with Crippen molar-refractivity contribution < 1.29 is 19.0 Å². The van der Waals surface area contributed by atoms with Gasteiger partial charge in [0.1, 0.15) is 24.2 Å². The minimum absolute atomic E-state index is 0.0103. The Morgan fingerprint density at radius 3 is 2.69 bits per heavy atom. The molecule has 1 aromatic heterocycles. The molecule has 9 heteroatoms. The van der Waals surface area contributed by atoms with E-state index in [1.165, 1.54) is 31.0 Å². The van der Waals surface area contributed by atoms with Gasteiger partial charge in [-0.05, 0) is 37.1 Å². The monoisotopic (exact) mass is 492 g/mol. The van der Waals surface area contributed by atoms with Gasteiger partial charge in [-0.25, -0.2) is 4.68 Å². The number of benzene rings is 2. The zero-order valence-electron chi connectivity index (χ0n) is 19.6. The minimum atomic E-state index is -0.468. The molecule has 2 atom stereocenters. The van der Waals surface area contributed by atoms with Crippen LogP contribution in [0.3, 0.4) is 0 Å². The number of hydrogen-bond acceptors (Lipinski definition) is 8. The van der Waals surface area contributed by atoms with Crippen molar-refractivity contribution in [2.75, 3.05) is 25.7 Å². The third kappa shape index (κ3) is 4.11. The number of Topliss-reactive ketones (excluding diaryl/α,β-unsaturated/α-hetero) is 1. The average molecular weight is 493 g/mol. The molecule has 1 saturated carbocycles. The molecule has 35 heavy (non-hydrogen) atoms. The van der Waals surface area contributed by atoms with Gasteiger partial charge in [-0.15, -0.1) is 10.2 Å². The maximum atomic E-state index is 13.9. The van der Waals surface area contributed by atoms with Crippen LogP contribution in [0.2, 0.25) is 0 Å². The Bertz CT molecular complexity index is 1240. The predicted octanol–water partition coefficient (Wildman–Crippen LogP) is 4.75. The number of carbonyl (C=O) groups is 1. The maximum Gasteiger partial charge on any atom is 0.210 e. The number of ether oxygens (including phenoxy) is 3. The van der Waals surface area contributed by atoms with E-state index in [0.29, 0.717) is 41.4 Å². The molecule has 0 spiro atoms. The Kier molecular flexibility index (Phi) is 6.01. The van der Waals surface area contributed by atoms with Crippen LogP contribution >= 0.6 is 11.8 Å². The third-order valence-electron chi connectivity index (χ3n) is 6.99. The van der Waals surface area contributed by atoms with Crippen LogP contribution in [0.4, 0.5) is 0 Å². The number of thioether (sulfide) groups is 1. The van der Waals surface area contributed by atoms with Gasteiger partial charge in [-0.1, -0.05) is 49.2 Å². The van der Waals surface area contributed by atoms with Gasteiger partial charge in [0.15, 0.2) is 23.1 Å². The molecule has 1 fully saturated rings. The Hall–Kier alpha value is -3.20. The van der Waals surface area contributed by atoms with Crippen molar-refractivity contribution in [3.63, 3.8) is 0 Å². The first-order chi connectivity index (χ1) is 17.2. The van der Waals surface area contributed by atoms with E-state index in [1.54, 1.807) is 13.2 Å². The molecule has 3 aromatic rings. The molecule has 182 valence electrons. The SMILES string of the molecule is COc1ccccc1[C@H]1Nn2c(nnc2C2CCCCC2)S[C@H]1C(=O)c1ccc2c(c1)OCCO2. The second-order valence-electron chi connectivity index (χ2n) is 9.12. The lowest BCUT2D eigenvalue weighted by Gasteiger charge is -2.34. The van der Waals surface area contributed by atoms with Gasteiger partial charge in [-0.3, -0.25) is 4.79 Å². The topological polar surface area (TPSA) is 87.5 Å². The van der Waals surface area contributed by atoms with E-state index in [-0.39, 0.29) is 11.8 Å². The highest BCUT2D eigenvalue weighted by atomic mass is 32.2. The molecule has 1 N–H and O–H groups in total. The van der Waals surface area contributed by atoms with E-state index in [0.717, 1.165) is 30.0 Å². The Morgan fingerprint density at radius 1 is 1.06 bits per heavy atom. The van der Waals surface area contributed by atoms with Crippen molar-refractivity contribution in [1.82, 2.24) is 14.9 Å². The minimum Gasteiger partial charge on any atom is -0.496 e. The number of ketones is 1. The van der Waals surface area contributed by atoms with E-state index in [9.17, 15) is 4.79 Å². The van der Waals surface area contributed by atoms with Crippen molar-refractivity contribution >= 4 is 17.5 Å². The molecule has 2 aliphatic heterocycles. The highest BCUT2D eigenvalue weighted by Gasteiger charge is 2.40. The van der Waals surface area contributed by atoms with Gasteiger partial charge >= 0.3 is 0 Å². The summed E-state index contributed by atoms with van der Waals surface area (Å²) < 4.78 is 19.1. The summed E-state index contributed by atoms with van der Waals surface area (Å²) in [6.45, 7) is 0.985. The van der Waals surface area contributed by atoms with E-state index in [2.05, 4.69) is 15.6 Å². The fourth-order valence-electron chi connectivity index (χ4n) is 5.21. The molecule has 3 heterocycles. The summed E-state index contributed by atoms with van der Waals surface area (Å²) in [4.78, 5) is 13.9. The second kappa shape index (κ2) is 9.45. The number of hydrogen-bond donors (Lipinski definition) is 1. The van der Waals surface area contributed by atoms with Crippen LogP contribution in [-0.4, -0.2) is 46.2 Å². The largest absolute Gasteiger partial charge is 0.496 e. The number of rotatable bonds is 5. The normalized spacial score (nSPS) is 21.6. The molecule has 0 bridgehead atoms. The first-order valence-corrected chi connectivity index (χ1v) is 13.1. The van der Waals surface area contributed by atoms with Crippen LogP contribution in [0.1, 0.15) is 65.8 Å². The van der Waals surface area contributed by atoms with Gasteiger partial charge in [0.2, 0.25) is 5.16 Å². The van der Waals surface area contributed by atoms with E-state index in [1.807, 2.05) is 41.1 Å². The van der Waals surface area contributed by atoms with Crippen molar-refractivity contribution in [3.05, 3.63) is 59.4 Å². The van der Waals surface area contributed by atoms with E-state index in [4.69, 9.17) is 14.2 Å². The smallest absolute Gasteiger partial charge is 0.210 e. The third-order valence-corrected chi connectivity index (χ3v) is 8.21. The molecular formula is C26H28N4O4S. The molecule has 3 aliphatic rings. The number of nitrogens with one attached hydrogen (secondary N) is 1. The maximum absolute atomic E-state index is 13.9. The van der Waals surface area contributed by atoms with Crippen molar-refractivity contribution in [2.24, 2.45) is 0 Å². The average Bonchev–Trinajstić information content (AvgIpc) is 3.35. The molecule has 6 rings (SSSR count). The van der Waals surface area contributed by atoms with Crippen molar-refractivity contribution in [3.8, 4) is 17.2 Å². The Balaban J connectivity index is 1.39. The standard InChI is InChI=1S/C26H28N4O4S/c1-32-19-10-6-5-9-18(19)22-24(23(31)17-11-12-20-21(15-17)34-14-13-33-20)35-26-28-27-25(30(26)29-22)16-7-3-2-4-8-16/h5-6,9-12,15-16,22,24,29H,2-4,7-8,13-14H2,1H3/t22-,24-/m1/s1. The highest BCUT2D eigenvalue weighted by molar-refractivity contribution is 8.00. The zero-order valence-corrected chi connectivity index (χ0v) is 20.4. The van der Waals surface area contributed by atoms with Gasteiger partial charge in [0.25, 0.3) is 0 Å². The van der Waals surface area contributed by atoms with Gasteiger partial charge in [0, 0.05) is 17.0 Å². The second-order valence-corrected chi connectivity index (χ2v) is 10.2. The molecule has 1 aliphatic carbocycles. The Morgan fingerprint density at radius 2 is 1.86 bits per heavy atom. The number of carbonyl (C=O) groups excluding carboxylic acids is 1. The first-order valence-electron chi connectivity index (χ1n) is 12.2. The van der Waals surface area contributed by atoms with Gasteiger partial charge in [-0.2, -0.15) is 0 Å². The quantitative estimate of drug-likeness (QED) is 0.511. The van der Waals surface area contributed by atoms with Crippen LogP contribution in [0.5, 0.6) is 17.2 Å². The van der Waals surface area contributed by atoms with Crippen LogP contribution in [-0.2, 0) is 0 Å².